The molecular formula is C11H9N3OS. The van der Waals surface area contributed by atoms with Crippen LogP contribution in [-0.2, 0) is 4.79 Å². The molecule has 4 nitrogen and oxygen atoms in total. The van der Waals surface area contributed by atoms with Crippen molar-refractivity contribution in [3.63, 3.8) is 0 Å². The van der Waals surface area contributed by atoms with Crippen molar-refractivity contribution < 1.29 is 4.79 Å². The lowest BCUT2D eigenvalue weighted by Gasteiger charge is -1.94. The monoisotopic (exact) mass is 231 g/mol. The largest absolute Gasteiger partial charge is 0.288 e. The molecule has 0 aliphatic heterocycles. The second kappa shape index (κ2) is 6.57. The topological polar surface area (TPSA) is 65.8 Å². The average Bonchev–Trinajstić information content (AvgIpc) is 2.26. The summed E-state index contributed by atoms with van der Waals surface area (Å²) in [5, 5.41) is 3.56. The van der Waals surface area contributed by atoms with Crippen LogP contribution in [0.2, 0.25) is 0 Å². The van der Waals surface area contributed by atoms with E-state index in [0.29, 0.717) is 17.0 Å². The Morgan fingerprint density at radius 3 is 3.00 bits per heavy atom. The summed E-state index contributed by atoms with van der Waals surface area (Å²) in [5.74, 6) is 6.15. The zero-order chi connectivity index (χ0) is 11.8. The number of thioether (sulfide) groups is 1. The summed E-state index contributed by atoms with van der Waals surface area (Å²) in [6.07, 6.45) is 0. The smallest absolute Gasteiger partial charge is 0.186 e. The van der Waals surface area contributed by atoms with Crippen LogP contribution in [0.5, 0.6) is 0 Å². The molecular weight excluding hydrogens is 222 g/mol. The number of hydrogen-bond donors (Lipinski definition) is 0. The molecule has 1 aromatic rings. The van der Waals surface area contributed by atoms with Gasteiger partial charge in [0, 0.05) is 17.4 Å². The van der Waals surface area contributed by atoms with E-state index in [2.05, 4.69) is 21.9 Å². The van der Waals surface area contributed by atoms with Gasteiger partial charge >= 0.3 is 0 Å². The Morgan fingerprint density at radius 1 is 1.56 bits per heavy atom. The first kappa shape index (κ1) is 12.2. The van der Waals surface area contributed by atoms with Crippen LogP contribution in [0, 0.1) is 11.8 Å². The first-order chi connectivity index (χ1) is 7.74. The predicted octanol–water partition coefficient (Wildman–Crippen LogP) is 3.26. The number of rotatable bonds is 2. The maximum Gasteiger partial charge on any atom is 0.186 e. The summed E-state index contributed by atoms with van der Waals surface area (Å²) < 4.78 is 0. The van der Waals surface area contributed by atoms with Crippen LogP contribution < -0.4 is 0 Å². The van der Waals surface area contributed by atoms with Crippen LogP contribution in [0.1, 0.15) is 12.5 Å². The van der Waals surface area contributed by atoms with E-state index in [1.54, 1.807) is 18.2 Å². The lowest BCUT2D eigenvalue weighted by atomic mass is 10.2. The van der Waals surface area contributed by atoms with Gasteiger partial charge in [-0.05, 0) is 11.6 Å². The normalized spacial score (nSPS) is 8.56. The first-order valence-electron chi connectivity index (χ1n) is 4.50. The van der Waals surface area contributed by atoms with Crippen LogP contribution in [0.15, 0.2) is 29.4 Å². The number of azide groups is 1. The van der Waals surface area contributed by atoms with Crippen molar-refractivity contribution in [2.24, 2.45) is 5.11 Å². The minimum atomic E-state index is 0.0395. The van der Waals surface area contributed by atoms with Crippen LogP contribution in [0.25, 0.3) is 10.4 Å². The highest BCUT2D eigenvalue weighted by Crippen LogP contribution is 2.17. The van der Waals surface area contributed by atoms with Crippen molar-refractivity contribution in [2.45, 2.75) is 6.92 Å². The Balaban J connectivity index is 2.79. The van der Waals surface area contributed by atoms with E-state index in [0.717, 1.165) is 11.8 Å². The van der Waals surface area contributed by atoms with Crippen molar-refractivity contribution in [1.29, 1.82) is 0 Å². The van der Waals surface area contributed by atoms with Crippen molar-refractivity contribution >= 4 is 22.6 Å². The summed E-state index contributed by atoms with van der Waals surface area (Å²) in [7, 11) is 0. The fourth-order valence-corrected chi connectivity index (χ4v) is 1.33. The van der Waals surface area contributed by atoms with Gasteiger partial charge in [0.15, 0.2) is 5.12 Å². The second-order valence-corrected chi connectivity index (χ2v) is 3.94. The lowest BCUT2D eigenvalue weighted by molar-refractivity contribution is -0.109. The molecule has 0 spiro atoms. The lowest BCUT2D eigenvalue weighted by Crippen LogP contribution is -1.82. The minimum absolute atomic E-state index is 0.0395. The third-order valence-electron chi connectivity index (χ3n) is 1.63. The van der Waals surface area contributed by atoms with E-state index in [9.17, 15) is 4.79 Å². The van der Waals surface area contributed by atoms with Gasteiger partial charge in [-0.2, -0.15) is 0 Å². The molecule has 0 heterocycles. The third-order valence-corrected chi connectivity index (χ3v) is 2.32. The molecule has 5 heteroatoms. The Labute approximate surface area is 97.7 Å². The van der Waals surface area contributed by atoms with Crippen molar-refractivity contribution in [3.05, 3.63) is 40.3 Å². The van der Waals surface area contributed by atoms with Crippen LogP contribution in [0.4, 0.5) is 5.69 Å². The van der Waals surface area contributed by atoms with Crippen molar-refractivity contribution in [1.82, 2.24) is 0 Å². The predicted molar refractivity (Wildman–Crippen MR) is 65.3 cm³/mol. The third kappa shape index (κ3) is 4.09. The van der Waals surface area contributed by atoms with E-state index in [-0.39, 0.29) is 5.12 Å². The molecule has 0 N–H and O–H groups in total. The van der Waals surface area contributed by atoms with Crippen LogP contribution in [-0.4, -0.2) is 10.9 Å². The molecule has 0 radical (unpaired) electrons. The zero-order valence-electron chi connectivity index (χ0n) is 8.67. The molecule has 0 saturated carbocycles. The SMILES string of the molecule is CC(=O)SCC#Cc1ccccc1N=[N+]=[N-]. The Kier molecular flexibility index (Phi) is 5.00. The fraction of sp³-hybridized carbons (Fsp3) is 0.182. The van der Waals surface area contributed by atoms with Gasteiger partial charge in [0.05, 0.1) is 11.4 Å². The fourth-order valence-electron chi connectivity index (χ4n) is 0.984. The summed E-state index contributed by atoms with van der Waals surface area (Å²) in [4.78, 5) is 13.4. The number of hydrogen-bond acceptors (Lipinski definition) is 3. The summed E-state index contributed by atoms with van der Waals surface area (Å²) in [5.41, 5.74) is 9.53. The highest BCUT2D eigenvalue weighted by Gasteiger charge is 1.94. The molecule has 0 unspecified atom stereocenters. The quantitative estimate of drug-likeness (QED) is 0.339. The summed E-state index contributed by atoms with van der Waals surface area (Å²) in [6, 6.07) is 7.06. The highest BCUT2D eigenvalue weighted by molar-refractivity contribution is 8.13. The number of carbonyl (C=O) groups is 1. The molecule has 0 aromatic heterocycles. The molecule has 0 amide bonds. The molecule has 0 aliphatic rings. The van der Waals surface area contributed by atoms with Gasteiger partial charge < -0.3 is 0 Å². The van der Waals surface area contributed by atoms with Crippen LogP contribution in [0.3, 0.4) is 0 Å². The number of carbonyl (C=O) groups excluding carboxylic acids is 1. The van der Waals surface area contributed by atoms with Gasteiger partial charge in [-0.25, -0.2) is 0 Å². The molecule has 0 saturated heterocycles. The summed E-state index contributed by atoms with van der Waals surface area (Å²) >= 11 is 1.15. The number of nitrogens with zero attached hydrogens (tertiary/aromatic N) is 3. The van der Waals surface area contributed by atoms with Gasteiger partial charge in [-0.15, -0.1) is 0 Å². The Hall–Kier alpha value is -1.89. The van der Waals surface area contributed by atoms with Gasteiger partial charge in [0.2, 0.25) is 0 Å². The molecule has 1 rings (SSSR count). The molecule has 16 heavy (non-hydrogen) atoms. The van der Waals surface area contributed by atoms with E-state index < -0.39 is 0 Å². The van der Waals surface area contributed by atoms with Gasteiger partial charge in [0.25, 0.3) is 0 Å². The van der Waals surface area contributed by atoms with Crippen molar-refractivity contribution in [2.75, 3.05) is 5.75 Å². The molecule has 0 aliphatic carbocycles. The molecule has 1 aromatic carbocycles. The van der Waals surface area contributed by atoms with E-state index in [1.165, 1.54) is 6.92 Å². The molecule has 80 valence electrons. The average molecular weight is 231 g/mol. The first-order valence-corrected chi connectivity index (χ1v) is 5.49. The highest BCUT2D eigenvalue weighted by atomic mass is 32.2. The molecule has 0 bridgehead atoms. The van der Waals surface area contributed by atoms with Crippen molar-refractivity contribution in [3.8, 4) is 11.8 Å². The second-order valence-electron chi connectivity index (χ2n) is 2.79. The maximum absolute atomic E-state index is 10.7. The van der Waals surface area contributed by atoms with E-state index in [4.69, 9.17) is 5.53 Å². The maximum atomic E-state index is 10.7. The van der Waals surface area contributed by atoms with Gasteiger partial charge in [-0.3, -0.25) is 4.79 Å². The Morgan fingerprint density at radius 2 is 2.31 bits per heavy atom. The summed E-state index contributed by atoms with van der Waals surface area (Å²) in [6.45, 7) is 1.50. The standard InChI is InChI=1S/C11H9N3OS/c1-9(15)16-8-4-6-10-5-2-3-7-11(10)13-14-12/h2-3,5,7H,8H2,1H3. The number of benzene rings is 1. The molecule has 0 fully saturated rings. The van der Waals surface area contributed by atoms with Crippen LogP contribution >= 0.6 is 11.8 Å². The van der Waals surface area contributed by atoms with Gasteiger partial charge in [0.1, 0.15) is 0 Å². The Bertz CT molecular complexity index is 495. The van der Waals surface area contributed by atoms with E-state index >= 15 is 0 Å². The van der Waals surface area contributed by atoms with Gasteiger partial charge in [-0.1, -0.05) is 46.9 Å². The van der Waals surface area contributed by atoms with E-state index in [1.807, 2.05) is 6.07 Å². The zero-order valence-corrected chi connectivity index (χ0v) is 9.49. The molecule has 0 atom stereocenters. The minimum Gasteiger partial charge on any atom is -0.288 e.